The summed E-state index contributed by atoms with van der Waals surface area (Å²) in [6, 6.07) is 8.89. The predicted octanol–water partition coefficient (Wildman–Crippen LogP) is 2.88. The fourth-order valence-electron chi connectivity index (χ4n) is 2.13. The number of aromatic nitrogens is 1. The summed E-state index contributed by atoms with van der Waals surface area (Å²) in [5.41, 5.74) is 6.96. The Morgan fingerprint density at radius 1 is 1.22 bits per heavy atom. The molecule has 0 bridgehead atoms. The van der Waals surface area contributed by atoms with Crippen LogP contribution in [0.15, 0.2) is 36.5 Å². The number of nitrogens with zero attached hydrogens (tertiary/aromatic N) is 1. The fourth-order valence-corrected chi connectivity index (χ4v) is 2.26. The van der Waals surface area contributed by atoms with Gasteiger partial charge in [0.05, 0.1) is 0 Å². The van der Waals surface area contributed by atoms with Gasteiger partial charge in [0.15, 0.2) is 0 Å². The summed E-state index contributed by atoms with van der Waals surface area (Å²) in [5.74, 6) is 0.343. The van der Waals surface area contributed by atoms with E-state index in [9.17, 15) is 5.11 Å². The van der Waals surface area contributed by atoms with Crippen molar-refractivity contribution in [3.05, 3.63) is 58.2 Å². The zero-order valence-electron chi connectivity index (χ0n) is 10.3. The van der Waals surface area contributed by atoms with Crippen LogP contribution >= 0.6 is 11.6 Å². The summed E-state index contributed by atoms with van der Waals surface area (Å²) in [6.07, 6.45) is 1.63. The van der Waals surface area contributed by atoms with Crippen LogP contribution in [0.2, 0.25) is 5.02 Å². The third-order valence-corrected chi connectivity index (χ3v) is 3.33. The Morgan fingerprint density at radius 3 is 2.39 bits per heavy atom. The van der Waals surface area contributed by atoms with E-state index in [1.807, 2.05) is 13.0 Å². The minimum Gasteiger partial charge on any atom is -0.383 e. The first kappa shape index (κ1) is 12.9. The molecule has 1 heterocycles. The van der Waals surface area contributed by atoms with Gasteiger partial charge in [0.1, 0.15) is 11.4 Å². The minimum atomic E-state index is -1.19. The number of pyridine rings is 1. The van der Waals surface area contributed by atoms with Crippen LogP contribution in [0.1, 0.15) is 23.6 Å². The molecule has 4 heteroatoms. The second kappa shape index (κ2) is 4.59. The first-order valence-electron chi connectivity index (χ1n) is 5.63. The van der Waals surface area contributed by atoms with E-state index >= 15 is 0 Å². The monoisotopic (exact) mass is 262 g/mol. The van der Waals surface area contributed by atoms with E-state index in [1.54, 1.807) is 37.4 Å². The number of anilines is 1. The lowest BCUT2D eigenvalue weighted by Crippen LogP contribution is -2.26. The van der Waals surface area contributed by atoms with Gasteiger partial charge in [-0.15, -0.1) is 0 Å². The molecule has 3 nitrogen and oxygen atoms in total. The van der Waals surface area contributed by atoms with Gasteiger partial charge in [-0.2, -0.15) is 0 Å². The fraction of sp³-hybridized carbons (Fsp3) is 0.214. The van der Waals surface area contributed by atoms with E-state index in [4.69, 9.17) is 17.3 Å². The number of hydrogen-bond donors (Lipinski definition) is 2. The van der Waals surface area contributed by atoms with Crippen LogP contribution in [-0.4, -0.2) is 10.1 Å². The Bertz CT molecular complexity index is 544. The second-order valence-electron chi connectivity index (χ2n) is 4.47. The summed E-state index contributed by atoms with van der Waals surface area (Å²) < 4.78 is 0. The van der Waals surface area contributed by atoms with Crippen LogP contribution in [0.25, 0.3) is 0 Å². The predicted molar refractivity (Wildman–Crippen MR) is 73.5 cm³/mol. The first-order chi connectivity index (χ1) is 8.43. The van der Waals surface area contributed by atoms with Crippen LogP contribution in [-0.2, 0) is 5.60 Å². The number of halogens is 1. The Morgan fingerprint density at radius 2 is 1.83 bits per heavy atom. The van der Waals surface area contributed by atoms with Gasteiger partial charge in [-0.3, -0.25) is 0 Å². The van der Waals surface area contributed by atoms with Crippen molar-refractivity contribution >= 4 is 17.4 Å². The van der Waals surface area contributed by atoms with E-state index in [2.05, 4.69) is 4.98 Å². The molecular weight excluding hydrogens is 248 g/mol. The van der Waals surface area contributed by atoms with Crippen molar-refractivity contribution in [1.29, 1.82) is 0 Å². The zero-order chi connectivity index (χ0) is 13.3. The highest BCUT2D eigenvalue weighted by Crippen LogP contribution is 2.34. The van der Waals surface area contributed by atoms with Crippen molar-refractivity contribution in [2.45, 2.75) is 19.4 Å². The number of aryl methyl sites for hydroxylation is 1. The highest BCUT2D eigenvalue weighted by molar-refractivity contribution is 6.30. The summed E-state index contributed by atoms with van der Waals surface area (Å²) in [4.78, 5) is 4.04. The maximum atomic E-state index is 10.7. The number of nitrogen functional groups attached to an aromatic ring is 1. The smallest absolute Gasteiger partial charge is 0.130 e. The SMILES string of the molecule is Cc1ccnc(N)c1C(C)(O)c1ccc(Cl)cc1. The average molecular weight is 263 g/mol. The Hall–Kier alpha value is -1.58. The molecule has 0 aliphatic heterocycles. The molecule has 1 atom stereocenters. The highest BCUT2D eigenvalue weighted by Gasteiger charge is 2.29. The molecular formula is C14H15ClN2O. The molecule has 0 saturated carbocycles. The Labute approximate surface area is 111 Å². The van der Waals surface area contributed by atoms with E-state index in [1.165, 1.54) is 0 Å². The van der Waals surface area contributed by atoms with Gasteiger partial charge in [-0.25, -0.2) is 4.98 Å². The lowest BCUT2D eigenvalue weighted by atomic mass is 9.86. The number of hydrogen-bond acceptors (Lipinski definition) is 3. The standard InChI is InChI=1S/C14H15ClN2O/c1-9-7-8-17-13(16)12(9)14(2,18)10-3-5-11(15)6-4-10/h3-8,18H,1-2H3,(H2,16,17). The van der Waals surface area contributed by atoms with Crippen molar-refractivity contribution in [2.24, 2.45) is 0 Å². The van der Waals surface area contributed by atoms with Gasteiger partial charge in [-0.1, -0.05) is 23.7 Å². The van der Waals surface area contributed by atoms with Crippen LogP contribution < -0.4 is 5.73 Å². The van der Waals surface area contributed by atoms with Crippen LogP contribution in [0, 0.1) is 6.92 Å². The van der Waals surface area contributed by atoms with E-state index in [0.29, 0.717) is 16.4 Å². The average Bonchev–Trinajstić information content (AvgIpc) is 2.29. The Kier molecular flexibility index (Phi) is 3.28. The van der Waals surface area contributed by atoms with Crippen molar-refractivity contribution < 1.29 is 5.11 Å². The maximum Gasteiger partial charge on any atom is 0.130 e. The molecule has 2 rings (SSSR count). The zero-order valence-corrected chi connectivity index (χ0v) is 11.1. The van der Waals surface area contributed by atoms with E-state index in [-0.39, 0.29) is 0 Å². The molecule has 1 aromatic carbocycles. The lowest BCUT2D eigenvalue weighted by Gasteiger charge is -2.27. The molecule has 0 radical (unpaired) electrons. The normalized spacial score (nSPS) is 14.2. The molecule has 3 N–H and O–H groups in total. The molecule has 2 aromatic rings. The van der Waals surface area contributed by atoms with E-state index in [0.717, 1.165) is 11.1 Å². The van der Waals surface area contributed by atoms with Crippen molar-refractivity contribution in [1.82, 2.24) is 4.98 Å². The molecule has 0 fully saturated rings. The number of nitrogens with two attached hydrogens (primary N) is 1. The molecule has 0 aliphatic carbocycles. The van der Waals surface area contributed by atoms with Gasteiger partial charge in [0.2, 0.25) is 0 Å². The Balaban J connectivity index is 2.57. The molecule has 0 saturated heterocycles. The molecule has 1 aromatic heterocycles. The van der Waals surface area contributed by atoms with Crippen molar-refractivity contribution in [3.8, 4) is 0 Å². The molecule has 0 aliphatic rings. The summed E-state index contributed by atoms with van der Waals surface area (Å²) >= 11 is 5.85. The summed E-state index contributed by atoms with van der Waals surface area (Å²) in [7, 11) is 0. The maximum absolute atomic E-state index is 10.7. The second-order valence-corrected chi connectivity index (χ2v) is 4.90. The molecule has 0 spiro atoms. The molecule has 18 heavy (non-hydrogen) atoms. The van der Waals surface area contributed by atoms with Crippen molar-refractivity contribution in [3.63, 3.8) is 0 Å². The summed E-state index contributed by atoms with van der Waals surface area (Å²) in [6.45, 7) is 3.61. The molecule has 1 unspecified atom stereocenters. The third-order valence-electron chi connectivity index (χ3n) is 3.08. The highest BCUT2D eigenvalue weighted by atomic mass is 35.5. The minimum absolute atomic E-state index is 0.343. The van der Waals surface area contributed by atoms with Gasteiger partial charge in [0.25, 0.3) is 0 Å². The van der Waals surface area contributed by atoms with Gasteiger partial charge >= 0.3 is 0 Å². The molecule has 94 valence electrons. The number of benzene rings is 1. The van der Waals surface area contributed by atoms with Crippen molar-refractivity contribution in [2.75, 3.05) is 5.73 Å². The van der Waals surface area contributed by atoms with Crippen LogP contribution in [0.4, 0.5) is 5.82 Å². The van der Waals surface area contributed by atoms with Crippen LogP contribution in [0.3, 0.4) is 0 Å². The number of rotatable bonds is 2. The van der Waals surface area contributed by atoms with Crippen LogP contribution in [0.5, 0.6) is 0 Å². The van der Waals surface area contributed by atoms with Gasteiger partial charge in [0, 0.05) is 16.8 Å². The lowest BCUT2D eigenvalue weighted by molar-refractivity contribution is 0.102. The van der Waals surface area contributed by atoms with Gasteiger partial charge < -0.3 is 10.8 Å². The first-order valence-corrected chi connectivity index (χ1v) is 6.00. The third kappa shape index (κ3) is 2.19. The summed E-state index contributed by atoms with van der Waals surface area (Å²) in [5, 5.41) is 11.4. The molecule has 0 amide bonds. The van der Waals surface area contributed by atoms with E-state index < -0.39 is 5.60 Å². The van der Waals surface area contributed by atoms with Gasteiger partial charge in [-0.05, 0) is 43.2 Å². The number of aliphatic hydroxyl groups is 1. The largest absolute Gasteiger partial charge is 0.383 e. The topological polar surface area (TPSA) is 59.1 Å². The quantitative estimate of drug-likeness (QED) is 0.875.